The highest BCUT2D eigenvalue weighted by atomic mass is 27.3. The summed E-state index contributed by atoms with van der Waals surface area (Å²) in [5.74, 6) is -11.6. The summed E-state index contributed by atoms with van der Waals surface area (Å²) < 4.78 is 26.3. The Balaban J connectivity index is 2.09. The fourth-order valence-electron chi connectivity index (χ4n) is 3.09. The van der Waals surface area contributed by atoms with E-state index in [0.717, 1.165) is 0 Å². The lowest BCUT2D eigenvalue weighted by molar-refractivity contribution is -0.176. The molecule has 0 aromatic rings. The van der Waals surface area contributed by atoms with Gasteiger partial charge in [0.15, 0.2) is 36.6 Å². The monoisotopic (exact) mass is 678 g/mol. The fraction of sp³-hybridized carbons (Fsp3) is 0.667. The molecule has 26 heteroatoms. The lowest BCUT2D eigenvalue weighted by atomic mass is 10.0. The maximum absolute atomic E-state index is 12.2. The standard InChI is InChI=1S/3C6H10O8.2Al/c3*7-1(3(9)5(11)12)2(8)4(10)6(13)14;;/h3*1-4,7-10H,(H,11,12)(H,13,14);;/q;;;2*+3/p-6/t2*1-,2+,3-,4-;1-,2-,3-,4+;;/m100../s1. The predicted molar refractivity (Wildman–Crippen MR) is 120 cm³/mol. The van der Waals surface area contributed by atoms with E-state index in [0.29, 0.717) is 0 Å². The molecule has 2 aliphatic rings. The molecule has 0 amide bonds. The molecule has 2 rings (SSSR count). The minimum Gasteiger partial charge on any atom is -0.549 e. The molecule has 2 fully saturated rings. The van der Waals surface area contributed by atoms with E-state index in [-0.39, 0.29) is 0 Å². The first-order valence-corrected chi connectivity index (χ1v) is 14.5. The third-order valence-electron chi connectivity index (χ3n) is 5.71. The van der Waals surface area contributed by atoms with Crippen LogP contribution in [0.3, 0.4) is 0 Å². The van der Waals surface area contributed by atoms with Gasteiger partial charge in [0.1, 0.15) is 36.6 Å². The average Bonchev–Trinajstić information content (AvgIpc) is 3.02. The van der Waals surface area contributed by atoms with E-state index in [4.69, 9.17) is 0 Å². The van der Waals surface area contributed by atoms with Crippen molar-refractivity contribution in [2.24, 2.45) is 0 Å². The molecular formula is C18H24Al2O24. The molecule has 2 saturated heterocycles. The Morgan fingerprint density at radius 2 is 0.705 bits per heavy atom. The summed E-state index contributed by atoms with van der Waals surface area (Å²) in [5.41, 5.74) is 0. The zero-order valence-corrected chi connectivity index (χ0v) is 23.7. The fourth-order valence-corrected chi connectivity index (χ4v) is 5.35. The minimum absolute atomic E-state index is 1.85. The molecule has 2 heterocycles. The van der Waals surface area contributed by atoms with Crippen LogP contribution in [0.15, 0.2) is 0 Å². The van der Waals surface area contributed by atoms with Gasteiger partial charge in [-0.2, -0.15) is 0 Å². The first kappa shape index (κ1) is 37.6. The van der Waals surface area contributed by atoms with Crippen LogP contribution in [-0.2, 0) is 51.5 Å². The van der Waals surface area contributed by atoms with Crippen LogP contribution >= 0.6 is 0 Å². The quantitative estimate of drug-likeness (QED) is 0.111. The average molecular weight is 678 g/mol. The van der Waals surface area contributed by atoms with E-state index in [1.807, 2.05) is 0 Å². The molecule has 2 aliphatic heterocycles. The first-order chi connectivity index (χ1) is 20.3. The van der Waals surface area contributed by atoms with Crippen LogP contribution in [0, 0.1) is 0 Å². The van der Waals surface area contributed by atoms with Crippen LogP contribution in [0.5, 0.6) is 0 Å². The highest BCUT2D eigenvalue weighted by molar-refractivity contribution is 6.45. The van der Waals surface area contributed by atoms with Gasteiger partial charge < -0.3 is 84.0 Å². The van der Waals surface area contributed by atoms with E-state index in [2.05, 4.69) is 22.7 Å². The first-order valence-electron chi connectivity index (χ1n) is 11.7. The Labute approximate surface area is 252 Å². The zero-order chi connectivity index (χ0) is 33.8. The zero-order valence-electron chi connectivity index (χ0n) is 21.3. The number of carbonyl (C=O) groups is 6. The molecule has 12 atom stereocenters. The Bertz CT molecular complexity index is 963. The second kappa shape index (κ2) is 15.6. The molecule has 0 bridgehead atoms. The van der Waals surface area contributed by atoms with Gasteiger partial charge in [-0.05, 0) is 0 Å². The Hall–Kier alpha value is -2.60. The van der Waals surface area contributed by atoms with E-state index < -0.39 is 139 Å². The van der Waals surface area contributed by atoms with E-state index >= 15 is 0 Å². The van der Waals surface area contributed by atoms with Crippen LogP contribution in [-0.4, -0.2) is 201 Å². The van der Waals surface area contributed by atoms with Crippen molar-refractivity contribution >= 4 is 66.1 Å². The Kier molecular flexibility index (Phi) is 13.3. The van der Waals surface area contributed by atoms with Gasteiger partial charge in [-0.1, -0.05) is 0 Å². The van der Waals surface area contributed by atoms with Gasteiger partial charge in [0.25, 0.3) is 0 Å². The third kappa shape index (κ3) is 8.77. The predicted octanol–water partition coefficient (Wildman–Crippen LogP) is -11.4. The number of rotatable bonds is 7. The van der Waals surface area contributed by atoms with E-state index in [1.165, 1.54) is 0 Å². The second-order valence-electron chi connectivity index (χ2n) is 8.81. The molecular weight excluding hydrogens is 654 g/mol. The van der Waals surface area contributed by atoms with Crippen molar-refractivity contribution in [1.82, 2.24) is 0 Å². The lowest BCUT2D eigenvalue weighted by Gasteiger charge is -2.26. The molecule has 0 radical (unpaired) electrons. The molecule has 0 aromatic heterocycles. The topological polar surface area (TPSA) is 401 Å². The number of hydrogen-bond donors (Lipinski definition) is 12. The molecule has 44 heavy (non-hydrogen) atoms. The van der Waals surface area contributed by atoms with Crippen molar-refractivity contribution in [1.29, 1.82) is 0 Å². The molecule has 0 saturated carbocycles. The summed E-state index contributed by atoms with van der Waals surface area (Å²) in [6.07, 6.45) is -32.2. The summed E-state index contributed by atoms with van der Waals surface area (Å²) >= 11 is -9.08. The minimum atomic E-state index is -4.54. The van der Waals surface area contributed by atoms with Crippen molar-refractivity contribution in [3.8, 4) is 0 Å². The summed E-state index contributed by atoms with van der Waals surface area (Å²) in [6.45, 7) is 0. The molecule has 0 unspecified atom stereocenters. The molecule has 0 aliphatic carbocycles. The highest BCUT2D eigenvalue weighted by Crippen LogP contribution is 2.16. The van der Waals surface area contributed by atoms with Crippen molar-refractivity contribution in [2.75, 3.05) is 0 Å². The normalized spacial score (nSPS) is 33.2. The largest absolute Gasteiger partial charge is 1.20 e. The summed E-state index contributed by atoms with van der Waals surface area (Å²) in [4.78, 5) is 71.9. The van der Waals surface area contributed by atoms with Crippen molar-refractivity contribution in [2.45, 2.75) is 73.2 Å². The van der Waals surface area contributed by atoms with Gasteiger partial charge in [0.05, 0.1) is 0 Å². The molecule has 246 valence electrons. The number of carbonyl (C=O) groups excluding carboxylic acids is 6. The number of hydrogen-bond acceptors (Lipinski definition) is 24. The maximum atomic E-state index is 12.2. The van der Waals surface area contributed by atoms with Crippen LogP contribution in [0.4, 0.5) is 0 Å². The van der Waals surface area contributed by atoms with Gasteiger partial charge in [-0.15, -0.1) is 0 Å². The highest BCUT2D eigenvalue weighted by Gasteiger charge is 2.57. The van der Waals surface area contributed by atoms with Crippen LogP contribution in [0.1, 0.15) is 0 Å². The lowest BCUT2D eigenvalue weighted by Crippen LogP contribution is -2.53. The summed E-state index contributed by atoms with van der Waals surface area (Å²) in [7, 11) is 0. The van der Waals surface area contributed by atoms with Crippen molar-refractivity contribution < 1.29 is 113 Å². The summed E-state index contributed by atoms with van der Waals surface area (Å²) in [6, 6.07) is 0. The summed E-state index contributed by atoms with van der Waals surface area (Å²) in [5, 5.41) is 117. The van der Waals surface area contributed by atoms with Gasteiger partial charge >= 0.3 is 66.1 Å². The van der Waals surface area contributed by atoms with Crippen molar-refractivity contribution in [3.63, 3.8) is 0 Å². The van der Waals surface area contributed by atoms with Crippen LogP contribution in [0.2, 0.25) is 0 Å². The number of aliphatic hydroxyl groups excluding tert-OH is 12. The molecule has 24 nitrogen and oxygen atoms in total. The second-order valence-corrected chi connectivity index (χ2v) is 11.4. The smallest absolute Gasteiger partial charge is 0.549 e. The maximum Gasteiger partial charge on any atom is 1.20 e. The Morgan fingerprint density at radius 3 is 0.909 bits per heavy atom. The third-order valence-corrected chi connectivity index (χ3v) is 8.26. The van der Waals surface area contributed by atoms with Gasteiger partial charge in [-0.25, -0.2) is 0 Å². The van der Waals surface area contributed by atoms with Crippen LogP contribution < -0.4 is 0 Å². The molecule has 0 spiro atoms. The van der Waals surface area contributed by atoms with Crippen molar-refractivity contribution in [3.05, 3.63) is 0 Å². The van der Waals surface area contributed by atoms with E-state index in [1.54, 1.807) is 0 Å². The Morgan fingerprint density at radius 1 is 0.500 bits per heavy atom. The van der Waals surface area contributed by atoms with Gasteiger partial charge in [0.2, 0.25) is 0 Å². The molecule has 0 aromatic carbocycles. The van der Waals surface area contributed by atoms with Gasteiger partial charge in [-0.3, -0.25) is 28.8 Å². The number of aliphatic hydroxyl groups is 12. The van der Waals surface area contributed by atoms with E-state index in [9.17, 15) is 90.0 Å². The molecule has 12 N–H and O–H groups in total. The van der Waals surface area contributed by atoms with Crippen LogP contribution in [0.25, 0.3) is 0 Å². The SMILES string of the molecule is O=C1[O][Al]([O]C(=O)[C@H](O)[C@@H](O)[C@H](O)[C@H](O)C(=O)[O][Al]2[O]C(=O)[C@H](O)[C@H](O)[C@H](O)[C@@H](O)C(=O)[O]2)[O]C(=O)[C@@H](O)[C@@H](O)[C@@H](O)[C@@H]1O. The van der Waals surface area contributed by atoms with Gasteiger partial charge in [0, 0.05) is 0 Å².